The summed E-state index contributed by atoms with van der Waals surface area (Å²) < 4.78 is 6.00. The zero-order chi connectivity index (χ0) is 13.6. The molecule has 4 nitrogen and oxygen atoms in total. The van der Waals surface area contributed by atoms with Gasteiger partial charge < -0.3 is 15.8 Å². The van der Waals surface area contributed by atoms with E-state index >= 15 is 0 Å². The number of primary amides is 1. The van der Waals surface area contributed by atoms with E-state index in [4.69, 9.17) is 10.5 Å². The lowest BCUT2D eigenvalue weighted by atomic mass is 9.84. The van der Waals surface area contributed by atoms with Crippen molar-refractivity contribution in [2.45, 2.75) is 64.5 Å². The van der Waals surface area contributed by atoms with Crippen LogP contribution >= 0.6 is 0 Å². The van der Waals surface area contributed by atoms with Gasteiger partial charge in [0.05, 0.1) is 12.7 Å². The van der Waals surface area contributed by atoms with Crippen LogP contribution in [0.3, 0.4) is 0 Å². The van der Waals surface area contributed by atoms with Crippen LogP contribution in [-0.4, -0.2) is 30.7 Å². The molecule has 1 aliphatic carbocycles. The van der Waals surface area contributed by atoms with Crippen LogP contribution in [0.25, 0.3) is 0 Å². The molecule has 0 bridgehead atoms. The molecule has 1 fully saturated rings. The van der Waals surface area contributed by atoms with Crippen molar-refractivity contribution >= 4 is 5.91 Å². The predicted octanol–water partition coefficient (Wildman–Crippen LogP) is 1.83. The van der Waals surface area contributed by atoms with Crippen LogP contribution in [0.4, 0.5) is 0 Å². The number of nitrogens with two attached hydrogens (primary N) is 1. The molecular weight excluding hydrogens is 228 g/mol. The normalized spacial score (nSPS) is 27.7. The van der Waals surface area contributed by atoms with Gasteiger partial charge in [0.2, 0.25) is 5.91 Å². The highest BCUT2D eigenvalue weighted by Gasteiger charge is 2.33. The second-order valence-electron chi connectivity index (χ2n) is 5.53. The van der Waals surface area contributed by atoms with Gasteiger partial charge in [-0.05, 0) is 32.2 Å². The Morgan fingerprint density at radius 1 is 1.39 bits per heavy atom. The minimum atomic E-state index is -0.746. The van der Waals surface area contributed by atoms with Gasteiger partial charge in [0.25, 0.3) is 0 Å². The number of carbonyl (C=O) groups excluding carboxylic acids is 1. The van der Waals surface area contributed by atoms with Crippen LogP contribution < -0.4 is 11.1 Å². The van der Waals surface area contributed by atoms with Crippen molar-refractivity contribution in [1.82, 2.24) is 5.32 Å². The topological polar surface area (TPSA) is 64.3 Å². The fraction of sp³-hybridized carbons (Fsp3) is 0.929. The van der Waals surface area contributed by atoms with Gasteiger partial charge in [-0.3, -0.25) is 4.79 Å². The van der Waals surface area contributed by atoms with Crippen LogP contribution in [-0.2, 0) is 9.53 Å². The van der Waals surface area contributed by atoms with E-state index in [-0.39, 0.29) is 5.91 Å². The molecule has 0 aliphatic heterocycles. The van der Waals surface area contributed by atoms with Gasteiger partial charge in [-0.1, -0.05) is 33.1 Å². The first-order valence-corrected chi connectivity index (χ1v) is 7.20. The minimum absolute atomic E-state index is 0.293. The van der Waals surface area contributed by atoms with E-state index < -0.39 is 5.54 Å². The molecule has 0 spiro atoms. The number of hydrogen-bond acceptors (Lipinski definition) is 3. The van der Waals surface area contributed by atoms with Gasteiger partial charge in [0.15, 0.2) is 0 Å². The molecule has 3 atom stereocenters. The second kappa shape index (κ2) is 7.10. The molecule has 1 aliphatic rings. The summed E-state index contributed by atoms with van der Waals surface area (Å²) in [6.45, 7) is 7.09. The van der Waals surface area contributed by atoms with Crippen molar-refractivity contribution in [3.05, 3.63) is 0 Å². The van der Waals surface area contributed by atoms with Gasteiger partial charge in [0.1, 0.15) is 5.54 Å². The van der Waals surface area contributed by atoms with E-state index in [0.717, 1.165) is 12.8 Å². The summed E-state index contributed by atoms with van der Waals surface area (Å²) in [7, 11) is 0. The number of ether oxygens (including phenoxy) is 1. The molecule has 106 valence electrons. The summed E-state index contributed by atoms with van der Waals surface area (Å²) in [5.74, 6) is 0.297. The Kier molecular flexibility index (Phi) is 6.09. The van der Waals surface area contributed by atoms with Crippen LogP contribution in [0.1, 0.15) is 52.9 Å². The highest BCUT2D eigenvalue weighted by atomic mass is 16.5. The van der Waals surface area contributed by atoms with Gasteiger partial charge in [-0.15, -0.1) is 0 Å². The summed E-state index contributed by atoms with van der Waals surface area (Å²) in [4.78, 5) is 11.5. The lowest BCUT2D eigenvalue weighted by Crippen LogP contribution is -2.57. The third-order valence-corrected chi connectivity index (χ3v) is 4.06. The molecule has 4 heteroatoms. The molecule has 0 saturated heterocycles. The van der Waals surface area contributed by atoms with E-state index in [0.29, 0.717) is 25.2 Å². The Balaban J connectivity index is 2.52. The van der Waals surface area contributed by atoms with E-state index in [9.17, 15) is 4.79 Å². The zero-order valence-corrected chi connectivity index (χ0v) is 12.0. The Bertz CT molecular complexity index is 271. The number of amides is 1. The van der Waals surface area contributed by atoms with Gasteiger partial charge in [-0.2, -0.15) is 0 Å². The van der Waals surface area contributed by atoms with Gasteiger partial charge >= 0.3 is 0 Å². The first kappa shape index (κ1) is 15.4. The molecule has 3 unspecified atom stereocenters. The summed E-state index contributed by atoms with van der Waals surface area (Å²) in [6.07, 6.45) is 6.34. The molecule has 1 amide bonds. The van der Waals surface area contributed by atoms with Crippen molar-refractivity contribution in [2.24, 2.45) is 11.7 Å². The summed E-state index contributed by atoms with van der Waals surface area (Å²) >= 11 is 0. The van der Waals surface area contributed by atoms with Crippen LogP contribution in [0, 0.1) is 5.92 Å². The fourth-order valence-electron chi connectivity index (χ4n) is 2.73. The average Bonchev–Trinajstić information content (AvgIpc) is 2.37. The van der Waals surface area contributed by atoms with E-state index in [1.165, 1.54) is 19.3 Å². The minimum Gasteiger partial charge on any atom is -0.375 e. The molecule has 0 heterocycles. The van der Waals surface area contributed by atoms with Crippen molar-refractivity contribution < 1.29 is 9.53 Å². The Labute approximate surface area is 111 Å². The number of likely N-dealkylation sites (N-methyl/N-ethyl adjacent to an activating group) is 1. The molecule has 18 heavy (non-hydrogen) atoms. The summed E-state index contributed by atoms with van der Waals surface area (Å²) in [6, 6.07) is 0. The van der Waals surface area contributed by atoms with Crippen molar-refractivity contribution in [1.29, 1.82) is 0 Å². The third kappa shape index (κ3) is 3.95. The van der Waals surface area contributed by atoms with Crippen LogP contribution in [0.5, 0.6) is 0 Å². The Morgan fingerprint density at radius 3 is 2.61 bits per heavy atom. The van der Waals surface area contributed by atoms with E-state index in [1.807, 2.05) is 13.8 Å². The SMILES string of the molecule is CCNC(C)(COC1CCCCC1CC)C(N)=O. The van der Waals surface area contributed by atoms with Gasteiger partial charge in [0, 0.05) is 0 Å². The number of carbonyl (C=O) groups is 1. The van der Waals surface area contributed by atoms with E-state index in [1.54, 1.807) is 0 Å². The number of rotatable bonds is 7. The lowest BCUT2D eigenvalue weighted by molar-refractivity contribution is -0.128. The first-order chi connectivity index (χ1) is 8.53. The second-order valence-corrected chi connectivity index (χ2v) is 5.53. The average molecular weight is 256 g/mol. The van der Waals surface area contributed by atoms with Crippen molar-refractivity contribution in [2.75, 3.05) is 13.2 Å². The molecule has 1 rings (SSSR count). The van der Waals surface area contributed by atoms with Crippen LogP contribution in [0.2, 0.25) is 0 Å². The molecule has 3 N–H and O–H groups in total. The fourth-order valence-corrected chi connectivity index (χ4v) is 2.73. The van der Waals surface area contributed by atoms with Crippen LogP contribution in [0.15, 0.2) is 0 Å². The smallest absolute Gasteiger partial charge is 0.239 e. The third-order valence-electron chi connectivity index (χ3n) is 4.06. The molecule has 0 aromatic carbocycles. The number of nitrogens with one attached hydrogen (secondary N) is 1. The standard InChI is InChI=1S/C14H28N2O2/c1-4-11-8-6-7-9-12(11)18-10-14(3,13(15)17)16-5-2/h11-12,16H,4-10H2,1-3H3,(H2,15,17). The van der Waals surface area contributed by atoms with E-state index in [2.05, 4.69) is 12.2 Å². The highest BCUT2D eigenvalue weighted by molar-refractivity contribution is 5.84. The molecule has 0 radical (unpaired) electrons. The quantitative estimate of drug-likeness (QED) is 0.730. The highest BCUT2D eigenvalue weighted by Crippen LogP contribution is 2.29. The Morgan fingerprint density at radius 2 is 2.06 bits per heavy atom. The number of hydrogen-bond donors (Lipinski definition) is 2. The lowest BCUT2D eigenvalue weighted by Gasteiger charge is -2.34. The van der Waals surface area contributed by atoms with Crippen molar-refractivity contribution in [3.8, 4) is 0 Å². The summed E-state index contributed by atoms with van der Waals surface area (Å²) in [5.41, 5.74) is 4.71. The predicted molar refractivity (Wildman–Crippen MR) is 73.3 cm³/mol. The molecular formula is C14H28N2O2. The largest absolute Gasteiger partial charge is 0.375 e. The first-order valence-electron chi connectivity index (χ1n) is 7.20. The zero-order valence-electron chi connectivity index (χ0n) is 12.0. The maximum absolute atomic E-state index is 11.5. The Hall–Kier alpha value is -0.610. The van der Waals surface area contributed by atoms with Crippen molar-refractivity contribution in [3.63, 3.8) is 0 Å². The maximum atomic E-state index is 11.5. The maximum Gasteiger partial charge on any atom is 0.239 e. The van der Waals surface area contributed by atoms with Gasteiger partial charge in [-0.25, -0.2) is 0 Å². The summed E-state index contributed by atoms with van der Waals surface area (Å²) in [5, 5.41) is 3.13. The molecule has 0 aromatic rings. The molecule has 1 saturated carbocycles. The monoisotopic (exact) mass is 256 g/mol. The molecule has 0 aromatic heterocycles.